The smallest absolute Gasteiger partial charge is 0.185 e. The fraction of sp³-hybridized carbons (Fsp3) is 0.500. The standard InChI is InChI=1S/C36H42Br2O2S2/c1-31(2,3)21-15-35(16-22(27(21)39)32(4,5)6)19-13-25(37)41-29(19)30-20(14-26(38)42-30)36(35)17-23(33(7,8)9)28(40)24(18-36)34(10,11)12/h13-18H,1-12H3. The molecule has 42 heavy (non-hydrogen) atoms. The summed E-state index contributed by atoms with van der Waals surface area (Å²) in [7, 11) is 0. The lowest BCUT2D eigenvalue weighted by molar-refractivity contribution is -0.115. The van der Waals surface area contributed by atoms with Crippen molar-refractivity contribution in [2.75, 3.05) is 0 Å². The summed E-state index contributed by atoms with van der Waals surface area (Å²) < 4.78 is 2.11. The summed E-state index contributed by atoms with van der Waals surface area (Å²) in [5.74, 6) is 0.242. The van der Waals surface area contributed by atoms with Crippen molar-refractivity contribution >= 4 is 66.1 Å². The van der Waals surface area contributed by atoms with Gasteiger partial charge in [0.05, 0.1) is 28.2 Å². The number of thiophene rings is 2. The molecular weight excluding hydrogens is 688 g/mol. The largest absolute Gasteiger partial charge is 0.289 e. The van der Waals surface area contributed by atoms with Crippen LogP contribution in [0.3, 0.4) is 0 Å². The highest BCUT2D eigenvalue weighted by molar-refractivity contribution is 9.11. The Morgan fingerprint density at radius 2 is 0.738 bits per heavy atom. The summed E-state index contributed by atoms with van der Waals surface area (Å²) >= 11 is 11.2. The number of carbonyl (C=O) groups is 2. The molecule has 0 aliphatic heterocycles. The first kappa shape index (κ1) is 32.1. The van der Waals surface area contributed by atoms with E-state index in [-0.39, 0.29) is 33.2 Å². The highest BCUT2D eigenvalue weighted by Crippen LogP contribution is 2.66. The number of hydrogen-bond donors (Lipinski definition) is 0. The molecule has 3 aliphatic rings. The lowest BCUT2D eigenvalue weighted by atomic mass is 9.47. The number of halogens is 2. The second-order valence-electron chi connectivity index (χ2n) is 16.2. The number of rotatable bonds is 0. The molecule has 6 heteroatoms. The van der Waals surface area contributed by atoms with Crippen LogP contribution in [0.25, 0.3) is 9.75 Å². The molecule has 0 unspecified atom stereocenters. The molecule has 0 N–H and O–H groups in total. The molecule has 2 aromatic rings. The molecule has 2 heterocycles. The second-order valence-corrected chi connectivity index (χ2v) is 21.1. The van der Waals surface area contributed by atoms with Crippen molar-refractivity contribution in [1.82, 2.24) is 0 Å². The zero-order valence-electron chi connectivity index (χ0n) is 26.9. The van der Waals surface area contributed by atoms with Gasteiger partial charge in [-0.2, -0.15) is 0 Å². The fourth-order valence-electron chi connectivity index (χ4n) is 6.68. The Labute approximate surface area is 276 Å². The van der Waals surface area contributed by atoms with E-state index in [9.17, 15) is 9.59 Å². The van der Waals surface area contributed by atoms with Crippen LogP contribution in [0.4, 0.5) is 0 Å². The van der Waals surface area contributed by atoms with E-state index in [0.29, 0.717) is 0 Å². The molecular formula is C36H42Br2O2S2. The zero-order chi connectivity index (χ0) is 31.6. The van der Waals surface area contributed by atoms with Gasteiger partial charge in [-0.15, -0.1) is 22.7 Å². The van der Waals surface area contributed by atoms with Crippen molar-refractivity contribution in [1.29, 1.82) is 0 Å². The first-order valence-corrected chi connectivity index (χ1v) is 17.8. The maximum absolute atomic E-state index is 14.3. The van der Waals surface area contributed by atoms with Gasteiger partial charge in [-0.05, 0) is 76.8 Å². The molecule has 0 saturated carbocycles. The van der Waals surface area contributed by atoms with Crippen LogP contribution < -0.4 is 0 Å². The Bertz CT molecular complexity index is 1470. The van der Waals surface area contributed by atoms with Crippen LogP contribution in [0.2, 0.25) is 0 Å². The average molecular weight is 731 g/mol. The minimum atomic E-state index is -0.731. The minimum Gasteiger partial charge on any atom is -0.289 e. The predicted octanol–water partition coefficient (Wildman–Crippen LogP) is 11.5. The van der Waals surface area contributed by atoms with E-state index in [1.807, 2.05) is 0 Å². The van der Waals surface area contributed by atoms with Crippen LogP contribution in [0, 0.1) is 21.7 Å². The van der Waals surface area contributed by atoms with Gasteiger partial charge in [0.1, 0.15) is 0 Å². The third-order valence-electron chi connectivity index (χ3n) is 8.88. The maximum Gasteiger partial charge on any atom is 0.185 e. The van der Waals surface area contributed by atoms with Crippen LogP contribution in [0.5, 0.6) is 0 Å². The van der Waals surface area contributed by atoms with Crippen molar-refractivity contribution in [3.63, 3.8) is 0 Å². The van der Waals surface area contributed by atoms with Gasteiger partial charge in [-0.3, -0.25) is 9.59 Å². The van der Waals surface area contributed by atoms with E-state index in [4.69, 9.17) is 0 Å². The van der Waals surface area contributed by atoms with E-state index in [0.717, 1.165) is 29.9 Å². The molecule has 224 valence electrons. The molecule has 0 amide bonds. The van der Waals surface area contributed by atoms with E-state index in [2.05, 4.69) is 151 Å². The van der Waals surface area contributed by atoms with Crippen LogP contribution in [-0.4, -0.2) is 11.6 Å². The van der Waals surface area contributed by atoms with E-state index in [1.54, 1.807) is 22.7 Å². The topological polar surface area (TPSA) is 34.1 Å². The van der Waals surface area contributed by atoms with Gasteiger partial charge >= 0.3 is 0 Å². The van der Waals surface area contributed by atoms with Crippen molar-refractivity contribution in [2.45, 2.75) is 93.9 Å². The second kappa shape index (κ2) is 9.58. The van der Waals surface area contributed by atoms with Gasteiger partial charge in [0, 0.05) is 22.3 Å². The molecule has 2 spiro atoms. The molecule has 0 fully saturated rings. The lowest BCUT2D eigenvalue weighted by Gasteiger charge is -2.54. The Hall–Kier alpha value is -1.34. The molecule has 0 aromatic carbocycles. The quantitative estimate of drug-likeness (QED) is 0.270. The van der Waals surface area contributed by atoms with E-state index in [1.165, 1.54) is 20.9 Å². The summed E-state index contributed by atoms with van der Waals surface area (Å²) in [6.45, 7) is 25.7. The van der Waals surface area contributed by atoms with Crippen molar-refractivity contribution < 1.29 is 9.59 Å². The Kier molecular flexibility index (Phi) is 7.31. The van der Waals surface area contributed by atoms with Gasteiger partial charge in [0.25, 0.3) is 0 Å². The van der Waals surface area contributed by atoms with Gasteiger partial charge in [0.2, 0.25) is 0 Å². The van der Waals surface area contributed by atoms with Crippen LogP contribution in [0.15, 0.2) is 66.3 Å². The first-order valence-electron chi connectivity index (χ1n) is 14.6. The number of fused-ring (bicyclic) bond motifs is 6. The van der Waals surface area contributed by atoms with Gasteiger partial charge in [-0.1, -0.05) is 107 Å². The summed E-state index contributed by atoms with van der Waals surface area (Å²) in [5.41, 5.74) is 2.70. The van der Waals surface area contributed by atoms with Crippen LogP contribution in [-0.2, 0) is 20.4 Å². The van der Waals surface area contributed by atoms with Gasteiger partial charge in [0.15, 0.2) is 11.6 Å². The van der Waals surface area contributed by atoms with Crippen molar-refractivity contribution in [3.05, 3.63) is 77.4 Å². The molecule has 2 aromatic heterocycles. The number of allylic oxidation sites excluding steroid dienone is 8. The lowest BCUT2D eigenvalue weighted by Crippen LogP contribution is -2.52. The number of hydrogen-bond acceptors (Lipinski definition) is 4. The average Bonchev–Trinajstić information content (AvgIpc) is 3.39. The van der Waals surface area contributed by atoms with Crippen LogP contribution >= 0.6 is 54.5 Å². The molecule has 2 nitrogen and oxygen atoms in total. The van der Waals surface area contributed by atoms with Gasteiger partial charge in [-0.25, -0.2) is 0 Å². The van der Waals surface area contributed by atoms with Crippen molar-refractivity contribution in [2.24, 2.45) is 21.7 Å². The zero-order valence-corrected chi connectivity index (χ0v) is 31.7. The summed E-state index contributed by atoms with van der Waals surface area (Å²) in [6, 6.07) is 4.51. The number of Topliss-reactive ketones (excluding diaryl/α,β-unsaturated/α-hetero) is 2. The maximum atomic E-state index is 14.3. The summed E-state index contributed by atoms with van der Waals surface area (Å²) in [4.78, 5) is 31.1. The Morgan fingerprint density at radius 3 is 0.952 bits per heavy atom. The molecule has 0 radical (unpaired) electrons. The molecule has 3 aliphatic carbocycles. The predicted molar refractivity (Wildman–Crippen MR) is 187 cm³/mol. The molecule has 0 atom stereocenters. The highest BCUT2D eigenvalue weighted by Gasteiger charge is 2.60. The number of carbonyl (C=O) groups excluding carboxylic acids is 2. The highest BCUT2D eigenvalue weighted by atomic mass is 79.9. The molecule has 0 bridgehead atoms. The monoisotopic (exact) mass is 728 g/mol. The van der Waals surface area contributed by atoms with Crippen LogP contribution in [0.1, 0.15) is 94.2 Å². The summed E-state index contributed by atoms with van der Waals surface area (Å²) in [6.07, 6.45) is 9.11. The Morgan fingerprint density at radius 1 is 0.500 bits per heavy atom. The first-order chi connectivity index (χ1) is 18.9. The SMILES string of the molecule is CC(C)(C)C1=CC2(C=C(C(C)(C)C)C1=O)c1cc(Br)sc1-c1sc(Br)cc1C21C=C(C(C)(C)C)C(=O)C(C(C)(C)C)=C1. The molecule has 0 saturated heterocycles. The Balaban J connectivity index is 2.11. The third kappa shape index (κ3) is 4.73. The third-order valence-corrected chi connectivity index (χ3v) is 12.3. The van der Waals surface area contributed by atoms with Crippen molar-refractivity contribution in [3.8, 4) is 9.75 Å². The number of ketones is 2. The van der Waals surface area contributed by atoms with E-state index >= 15 is 0 Å². The van der Waals surface area contributed by atoms with E-state index < -0.39 is 10.8 Å². The summed E-state index contributed by atoms with van der Waals surface area (Å²) in [5, 5.41) is 0. The fourth-order valence-corrected chi connectivity index (χ4v) is 10.2. The minimum absolute atomic E-state index is 0.121. The van der Waals surface area contributed by atoms with Gasteiger partial charge < -0.3 is 0 Å². The molecule has 5 rings (SSSR count). The normalized spacial score (nSPS) is 20.2.